The molecule has 0 radical (unpaired) electrons. The number of aliphatic hydroxyl groups excluding tert-OH is 1. The zero-order valence-corrected chi connectivity index (χ0v) is 13.2. The van der Waals surface area contributed by atoms with Crippen LogP contribution in [0.1, 0.15) is 53.4 Å². The van der Waals surface area contributed by atoms with Crippen molar-refractivity contribution in [1.29, 1.82) is 0 Å². The maximum absolute atomic E-state index is 9.73. The second-order valence-electron chi connectivity index (χ2n) is 7.59. The highest BCUT2D eigenvalue weighted by Gasteiger charge is 2.35. The van der Waals surface area contributed by atoms with Crippen LogP contribution in [0.5, 0.6) is 0 Å². The monoisotopic (exact) mass is 268 g/mol. The molecule has 19 heavy (non-hydrogen) atoms. The van der Waals surface area contributed by atoms with Crippen molar-refractivity contribution in [2.24, 2.45) is 11.8 Å². The first-order valence-corrected chi connectivity index (χ1v) is 8.04. The van der Waals surface area contributed by atoms with Crippen molar-refractivity contribution in [2.45, 2.75) is 71.0 Å². The first-order chi connectivity index (χ1) is 8.92. The summed E-state index contributed by atoms with van der Waals surface area (Å²) in [6.45, 7) is 11.9. The molecule has 3 nitrogen and oxygen atoms in total. The fourth-order valence-corrected chi connectivity index (χ4v) is 3.74. The Hall–Kier alpha value is -0.120. The van der Waals surface area contributed by atoms with Crippen LogP contribution in [0.2, 0.25) is 0 Å². The van der Waals surface area contributed by atoms with E-state index >= 15 is 0 Å². The Labute approximate surface area is 118 Å². The molecule has 0 aromatic carbocycles. The molecule has 0 aromatic rings. The van der Waals surface area contributed by atoms with Gasteiger partial charge in [0.05, 0.1) is 6.61 Å². The number of likely N-dealkylation sites (tertiary alicyclic amines) is 1. The van der Waals surface area contributed by atoms with Gasteiger partial charge in [0.15, 0.2) is 0 Å². The van der Waals surface area contributed by atoms with Crippen LogP contribution in [0.3, 0.4) is 0 Å². The molecule has 1 aliphatic heterocycles. The summed E-state index contributed by atoms with van der Waals surface area (Å²) in [6.07, 6.45) is 4.96. The van der Waals surface area contributed by atoms with Crippen molar-refractivity contribution < 1.29 is 5.11 Å². The lowest BCUT2D eigenvalue weighted by Crippen LogP contribution is -2.53. The molecule has 4 atom stereocenters. The van der Waals surface area contributed by atoms with E-state index in [1.165, 1.54) is 32.4 Å². The largest absolute Gasteiger partial charge is 0.394 e. The minimum atomic E-state index is -0.107. The van der Waals surface area contributed by atoms with E-state index < -0.39 is 0 Å². The number of rotatable bonds is 6. The quantitative estimate of drug-likeness (QED) is 0.775. The lowest BCUT2D eigenvalue weighted by atomic mass is 9.88. The molecule has 1 saturated heterocycles. The highest BCUT2D eigenvalue weighted by molar-refractivity contribution is 4.95. The van der Waals surface area contributed by atoms with Crippen molar-refractivity contribution in [3.8, 4) is 0 Å². The highest BCUT2D eigenvalue weighted by Crippen LogP contribution is 2.28. The topological polar surface area (TPSA) is 35.5 Å². The summed E-state index contributed by atoms with van der Waals surface area (Å²) in [5.74, 6) is 1.62. The van der Waals surface area contributed by atoms with Gasteiger partial charge in [-0.05, 0) is 51.4 Å². The minimum Gasteiger partial charge on any atom is -0.394 e. The minimum absolute atomic E-state index is 0.107. The zero-order valence-electron chi connectivity index (χ0n) is 13.2. The van der Waals surface area contributed by atoms with Crippen LogP contribution in [0, 0.1) is 11.8 Å². The summed E-state index contributed by atoms with van der Waals surface area (Å²) in [6, 6.07) is 1.21. The predicted molar refractivity (Wildman–Crippen MR) is 80.2 cm³/mol. The average Bonchev–Trinajstić information content (AvgIpc) is 3.11. The molecule has 0 spiro atoms. The third-order valence-electron chi connectivity index (χ3n) is 4.75. The predicted octanol–water partition coefficient (Wildman–Crippen LogP) is 2.25. The second kappa shape index (κ2) is 6.11. The van der Waals surface area contributed by atoms with E-state index in [1.54, 1.807) is 0 Å². The van der Waals surface area contributed by atoms with Gasteiger partial charge in [-0.1, -0.05) is 13.8 Å². The first kappa shape index (κ1) is 15.3. The van der Waals surface area contributed by atoms with Crippen LogP contribution >= 0.6 is 0 Å². The fourth-order valence-electron chi connectivity index (χ4n) is 3.74. The number of hydrogen-bond donors (Lipinski definition) is 2. The molecule has 1 saturated carbocycles. The van der Waals surface area contributed by atoms with Gasteiger partial charge in [0.1, 0.15) is 0 Å². The number of aliphatic hydroxyl groups is 1. The molecule has 1 heterocycles. The summed E-state index contributed by atoms with van der Waals surface area (Å²) < 4.78 is 0. The molecule has 2 fully saturated rings. The van der Waals surface area contributed by atoms with Gasteiger partial charge < -0.3 is 15.3 Å². The van der Waals surface area contributed by atoms with Gasteiger partial charge in [-0.25, -0.2) is 0 Å². The van der Waals surface area contributed by atoms with Crippen LogP contribution in [-0.2, 0) is 0 Å². The summed E-state index contributed by atoms with van der Waals surface area (Å²) in [5.41, 5.74) is -0.107. The van der Waals surface area contributed by atoms with E-state index in [0.29, 0.717) is 12.1 Å². The molecule has 2 N–H and O–H groups in total. The second-order valence-corrected chi connectivity index (χ2v) is 7.59. The molecule has 0 amide bonds. The molecule has 112 valence electrons. The van der Waals surface area contributed by atoms with E-state index in [2.05, 4.69) is 37.9 Å². The van der Waals surface area contributed by atoms with Crippen molar-refractivity contribution in [3.05, 3.63) is 0 Å². The van der Waals surface area contributed by atoms with Gasteiger partial charge in [0.2, 0.25) is 0 Å². The molecule has 0 aromatic heterocycles. The SMILES string of the molecule is CC1CC(C)CN(C(C)CC(C)(CO)NC2CC2)C1. The standard InChI is InChI=1S/C16H32N2O/c1-12-7-13(2)10-18(9-12)14(3)8-16(4,11-19)17-15-5-6-15/h12-15,17,19H,5-11H2,1-4H3. The maximum Gasteiger partial charge on any atom is 0.0611 e. The van der Waals surface area contributed by atoms with Crippen molar-refractivity contribution in [3.63, 3.8) is 0 Å². The number of nitrogens with zero attached hydrogens (tertiary/aromatic N) is 1. The van der Waals surface area contributed by atoms with Crippen LogP contribution in [0.25, 0.3) is 0 Å². The Balaban J connectivity index is 1.88. The molecular formula is C16H32N2O. The smallest absolute Gasteiger partial charge is 0.0611 e. The first-order valence-electron chi connectivity index (χ1n) is 8.04. The summed E-state index contributed by atoms with van der Waals surface area (Å²) in [4.78, 5) is 2.63. The van der Waals surface area contributed by atoms with Crippen molar-refractivity contribution >= 4 is 0 Å². The molecule has 0 bridgehead atoms. The normalized spacial score (nSPS) is 33.9. The molecular weight excluding hydrogens is 236 g/mol. The summed E-state index contributed by atoms with van der Waals surface area (Å²) in [7, 11) is 0. The van der Waals surface area contributed by atoms with Gasteiger partial charge in [0.25, 0.3) is 0 Å². The lowest BCUT2D eigenvalue weighted by Gasteiger charge is -2.42. The van der Waals surface area contributed by atoms with Gasteiger partial charge in [-0.3, -0.25) is 0 Å². The van der Waals surface area contributed by atoms with Gasteiger partial charge in [0, 0.05) is 30.7 Å². The molecule has 2 aliphatic rings. The maximum atomic E-state index is 9.73. The number of piperidine rings is 1. The molecule has 1 aliphatic carbocycles. The number of nitrogens with one attached hydrogen (secondary N) is 1. The molecule has 4 unspecified atom stereocenters. The molecule has 3 heteroatoms. The van der Waals surface area contributed by atoms with Crippen LogP contribution in [0.15, 0.2) is 0 Å². The van der Waals surface area contributed by atoms with E-state index in [0.717, 1.165) is 18.3 Å². The summed E-state index contributed by atoms with van der Waals surface area (Å²) >= 11 is 0. The Morgan fingerprint density at radius 2 is 1.84 bits per heavy atom. The Morgan fingerprint density at radius 3 is 2.32 bits per heavy atom. The van der Waals surface area contributed by atoms with Crippen LogP contribution in [0.4, 0.5) is 0 Å². The van der Waals surface area contributed by atoms with Gasteiger partial charge >= 0.3 is 0 Å². The Bertz CT molecular complexity index is 282. The van der Waals surface area contributed by atoms with E-state index in [9.17, 15) is 5.11 Å². The van der Waals surface area contributed by atoms with E-state index in [4.69, 9.17) is 0 Å². The Kier molecular flexibility index (Phi) is 4.91. The van der Waals surface area contributed by atoms with Crippen molar-refractivity contribution in [1.82, 2.24) is 10.2 Å². The molecule has 2 rings (SSSR count). The van der Waals surface area contributed by atoms with Crippen molar-refractivity contribution in [2.75, 3.05) is 19.7 Å². The third kappa shape index (κ3) is 4.44. The lowest BCUT2D eigenvalue weighted by molar-refractivity contribution is 0.0678. The Morgan fingerprint density at radius 1 is 1.26 bits per heavy atom. The highest BCUT2D eigenvalue weighted by atomic mass is 16.3. The fraction of sp³-hybridized carbons (Fsp3) is 1.00. The zero-order chi connectivity index (χ0) is 14.0. The van der Waals surface area contributed by atoms with E-state index in [1.807, 2.05) is 0 Å². The van der Waals surface area contributed by atoms with Crippen LogP contribution < -0.4 is 5.32 Å². The number of hydrogen-bond acceptors (Lipinski definition) is 3. The van der Waals surface area contributed by atoms with Crippen LogP contribution in [-0.4, -0.2) is 47.3 Å². The van der Waals surface area contributed by atoms with Gasteiger partial charge in [-0.2, -0.15) is 0 Å². The average molecular weight is 268 g/mol. The van der Waals surface area contributed by atoms with E-state index in [-0.39, 0.29) is 12.1 Å². The van der Waals surface area contributed by atoms with Gasteiger partial charge in [-0.15, -0.1) is 0 Å². The summed E-state index contributed by atoms with van der Waals surface area (Å²) in [5, 5.41) is 13.4. The third-order valence-corrected chi connectivity index (χ3v) is 4.75.